The van der Waals surface area contributed by atoms with Gasteiger partial charge in [-0.15, -0.1) is 0 Å². The van der Waals surface area contributed by atoms with E-state index < -0.39 is 0 Å². The van der Waals surface area contributed by atoms with Crippen molar-refractivity contribution in [3.63, 3.8) is 0 Å². The Morgan fingerprint density at radius 3 is 2.43 bits per heavy atom. The number of hydrogen-bond acceptors (Lipinski definition) is 2. The van der Waals surface area contributed by atoms with Crippen molar-refractivity contribution in [1.82, 2.24) is 9.78 Å². The second-order valence-corrected chi connectivity index (χ2v) is 6.25. The molecule has 3 aromatic rings. The normalized spacial score (nSPS) is 10.8. The van der Waals surface area contributed by atoms with Gasteiger partial charge in [-0.05, 0) is 58.4 Å². The van der Waals surface area contributed by atoms with Crippen molar-refractivity contribution in [3.8, 4) is 16.9 Å². The van der Waals surface area contributed by atoms with Crippen molar-refractivity contribution in [2.45, 2.75) is 0 Å². The Morgan fingerprint density at radius 2 is 1.76 bits per heavy atom. The lowest BCUT2D eigenvalue weighted by Crippen LogP contribution is -1.94. The van der Waals surface area contributed by atoms with Crippen LogP contribution in [0.25, 0.3) is 16.9 Å². The van der Waals surface area contributed by atoms with Gasteiger partial charge in [-0.25, -0.2) is 9.07 Å². The van der Waals surface area contributed by atoms with E-state index >= 15 is 0 Å². The molecule has 3 nitrogen and oxygen atoms in total. The van der Waals surface area contributed by atoms with Crippen molar-refractivity contribution < 1.29 is 4.39 Å². The first-order chi connectivity index (χ1) is 10.0. The van der Waals surface area contributed by atoms with E-state index in [9.17, 15) is 4.39 Å². The third-order valence-electron chi connectivity index (χ3n) is 3.02. The highest BCUT2D eigenvalue weighted by molar-refractivity contribution is 9.10. The maximum absolute atomic E-state index is 13.2. The molecule has 3 rings (SSSR count). The molecule has 0 bridgehead atoms. The van der Waals surface area contributed by atoms with Crippen LogP contribution in [0.3, 0.4) is 0 Å². The number of halogens is 3. The van der Waals surface area contributed by atoms with E-state index in [2.05, 4.69) is 37.0 Å². The molecular formula is C15H10Br2FN3. The number of aromatic nitrogens is 2. The van der Waals surface area contributed by atoms with Crippen LogP contribution in [0.2, 0.25) is 0 Å². The molecule has 1 heterocycles. The van der Waals surface area contributed by atoms with Gasteiger partial charge in [-0.1, -0.05) is 15.9 Å². The highest BCUT2D eigenvalue weighted by Gasteiger charge is 2.13. The Hall–Kier alpha value is -1.66. The molecule has 0 fully saturated rings. The van der Waals surface area contributed by atoms with E-state index in [1.54, 1.807) is 16.9 Å². The summed E-state index contributed by atoms with van der Waals surface area (Å²) < 4.78 is 16.5. The third-order valence-corrected chi connectivity index (χ3v) is 4.20. The van der Waals surface area contributed by atoms with Gasteiger partial charge in [0.05, 0.1) is 17.6 Å². The summed E-state index contributed by atoms with van der Waals surface area (Å²) in [6, 6.07) is 12.2. The molecule has 0 spiro atoms. The van der Waals surface area contributed by atoms with Gasteiger partial charge in [0.2, 0.25) is 0 Å². The zero-order valence-electron chi connectivity index (χ0n) is 10.7. The average Bonchev–Trinajstić information content (AvgIpc) is 2.81. The third kappa shape index (κ3) is 2.87. The Balaban J connectivity index is 2.07. The number of nitrogen functional groups attached to an aromatic ring is 1. The van der Waals surface area contributed by atoms with Gasteiger partial charge in [0, 0.05) is 14.5 Å². The van der Waals surface area contributed by atoms with Gasteiger partial charge in [0.25, 0.3) is 0 Å². The van der Waals surface area contributed by atoms with E-state index in [0.717, 1.165) is 15.7 Å². The molecule has 21 heavy (non-hydrogen) atoms. The van der Waals surface area contributed by atoms with Gasteiger partial charge < -0.3 is 5.73 Å². The fourth-order valence-electron chi connectivity index (χ4n) is 2.00. The predicted octanol–water partition coefficient (Wildman–Crippen LogP) is 4.79. The van der Waals surface area contributed by atoms with Crippen LogP contribution in [0.15, 0.2) is 57.6 Å². The molecule has 0 saturated carbocycles. The molecule has 6 heteroatoms. The number of benzene rings is 2. The van der Waals surface area contributed by atoms with Crippen LogP contribution in [0, 0.1) is 5.82 Å². The molecule has 0 aliphatic heterocycles. The molecule has 0 amide bonds. The molecule has 106 valence electrons. The van der Waals surface area contributed by atoms with Crippen molar-refractivity contribution in [3.05, 3.63) is 63.4 Å². The Kier molecular flexibility index (Phi) is 3.82. The van der Waals surface area contributed by atoms with E-state index in [1.165, 1.54) is 12.1 Å². The Labute approximate surface area is 137 Å². The average molecular weight is 411 g/mol. The first-order valence-corrected chi connectivity index (χ1v) is 7.70. The minimum atomic E-state index is -0.309. The topological polar surface area (TPSA) is 43.8 Å². The van der Waals surface area contributed by atoms with Gasteiger partial charge in [0.1, 0.15) is 11.5 Å². The first-order valence-electron chi connectivity index (χ1n) is 6.11. The summed E-state index contributed by atoms with van der Waals surface area (Å²) in [7, 11) is 0. The minimum Gasteiger partial charge on any atom is -0.396 e. The van der Waals surface area contributed by atoms with E-state index in [1.807, 2.05) is 24.3 Å². The fourth-order valence-corrected chi connectivity index (χ4v) is 2.81. The molecule has 0 unspecified atom stereocenters. The lowest BCUT2D eigenvalue weighted by atomic mass is 10.1. The van der Waals surface area contributed by atoms with Crippen LogP contribution in [0.5, 0.6) is 0 Å². The van der Waals surface area contributed by atoms with Crippen molar-refractivity contribution in [1.29, 1.82) is 0 Å². The fraction of sp³-hybridized carbons (Fsp3) is 0. The summed E-state index contributed by atoms with van der Waals surface area (Å²) in [6.07, 6.45) is 1.74. The number of rotatable bonds is 2. The van der Waals surface area contributed by atoms with Crippen LogP contribution in [0.1, 0.15) is 0 Å². The summed E-state index contributed by atoms with van der Waals surface area (Å²) in [6.45, 7) is 0. The van der Waals surface area contributed by atoms with Gasteiger partial charge in [-0.2, -0.15) is 5.10 Å². The number of hydrogen-bond donors (Lipinski definition) is 1. The van der Waals surface area contributed by atoms with Gasteiger partial charge in [0.15, 0.2) is 0 Å². The standard InChI is InChI=1S/C15H10Br2FN3/c16-9-1-4-11(5-2-9)21-8-14(19)15(20-21)12-6-3-10(18)7-13(12)17/h1-8H,19H2. The summed E-state index contributed by atoms with van der Waals surface area (Å²) >= 11 is 6.74. The van der Waals surface area contributed by atoms with Gasteiger partial charge >= 0.3 is 0 Å². The van der Waals surface area contributed by atoms with E-state index in [4.69, 9.17) is 5.73 Å². The van der Waals surface area contributed by atoms with Crippen LogP contribution < -0.4 is 5.73 Å². The second kappa shape index (κ2) is 5.61. The molecule has 1 aromatic heterocycles. The largest absolute Gasteiger partial charge is 0.396 e. The monoisotopic (exact) mass is 409 g/mol. The smallest absolute Gasteiger partial charge is 0.124 e. The van der Waals surface area contributed by atoms with Crippen LogP contribution in [-0.2, 0) is 0 Å². The quantitative estimate of drug-likeness (QED) is 0.660. The summed E-state index contributed by atoms with van der Waals surface area (Å²) in [5, 5.41) is 4.49. The molecule has 2 aromatic carbocycles. The van der Waals surface area contributed by atoms with Crippen molar-refractivity contribution in [2.24, 2.45) is 0 Å². The highest BCUT2D eigenvalue weighted by atomic mass is 79.9. The molecule has 0 aliphatic carbocycles. The highest BCUT2D eigenvalue weighted by Crippen LogP contribution is 2.32. The zero-order chi connectivity index (χ0) is 15.0. The first kappa shape index (κ1) is 14.3. The molecular weight excluding hydrogens is 401 g/mol. The maximum Gasteiger partial charge on any atom is 0.124 e. The summed E-state index contributed by atoms with van der Waals surface area (Å²) in [4.78, 5) is 0. The molecule has 0 saturated heterocycles. The Morgan fingerprint density at radius 1 is 1.05 bits per heavy atom. The minimum absolute atomic E-state index is 0.309. The van der Waals surface area contributed by atoms with Crippen molar-refractivity contribution >= 4 is 37.5 Å². The van der Waals surface area contributed by atoms with E-state index in [0.29, 0.717) is 15.9 Å². The maximum atomic E-state index is 13.2. The van der Waals surface area contributed by atoms with Crippen LogP contribution >= 0.6 is 31.9 Å². The lowest BCUT2D eigenvalue weighted by Gasteiger charge is -2.03. The van der Waals surface area contributed by atoms with E-state index in [-0.39, 0.29) is 5.82 Å². The Bertz CT molecular complexity index is 797. The van der Waals surface area contributed by atoms with Gasteiger partial charge in [-0.3, -0.25) is 0 Å². The lowest BCUT2D eigenvalue weighted by molar-refractivity contribution is 0.627. The molecule has 0 radical (unpaired) electrons. The van der Waals surface area contributed by atoms with Crippen molar-refractivity contribution in [2.75, 3.05) is 5.73 Å². The second-order valence-electron chi connectivity index (χ2n) is 4.48. The zero-order valence-corrected chi connectivity index (χ0v) is 13.9. The molecule has 0 atom stereocenters. The SMILES string of the molecule is Nc1cn(-c2ccc(Br)cc2)nc1-c1ccc(F)cc1Br. The molecule has 2 N–H and O–H groups in total. The number of anilines is 1. The summed E-state index contributed by atoms with van der Waals surface area (Å²) in [5.74, 6) is -0.309. The number of nitrogens with two attached hydrogens (primary N) is 1. The summed E-state index contributed by atoms with van der Waals surface area (Å²) in [5.41, 5.74) is 8.84. The van der Waals surface area contributed by atoms with Crippen LogP contribution in [0.4, 0.5) is 10.1 Å². The molecule has 0 aliphatic rings. The predicted molar refractivity (Wildman–Crippen MR) is 88.8 cm³/mol. The number of nitrogens with zero attached hydrogens (tertiary/aromatic N) is 2. The van der Waals surface area contributed by atoms with Crippen LogP contribution in [-0.4, -0.2) is 9.78 Å².